The van der Waals surface area contributed by atoms with Crippen LogP contribution in [-0.4, -0.2) is 37.0 Å². The Kier molecular flexibility index (Phi) is 6.00. The molecule has 30 heavy (non-hydrogen) atoms. The van der Waals surface area contributed by atoms with Crippen LogP contribution in [-0.2, 0) is 21.0 Å². The van der Waals surface area contributed by atoms with Crippen LogP contribution >= 0.6 is 0 Å². The molecule has 1 N–H and O–H groups in total. The zero-order chi connectivity index (χ0) is 22.1. The first-order chi connectivity index (χ1) is 14.0. The van der Waals surface area contributed by atoms with Crippen molar-refractivity contribution < 1.29 is 31.2 Å². The first kappa shape index (κ1) is 22.0. The van der Waals surface area contributed by atoms with Gasteiger partial charge in [0.1, 0.15) is 6.04 Å². The Morgan fingerprint density at radius 2 is 1.80 bits per heavy atom. The number of rotatable bonds is 5. The van der Waals surface area contributed by atoms with E-state index >= 15 is 0 Å². The van der Waals surface area contributed by atoms with Crippen LogP contribution < -0.4 is 5.32 Å². The molecule has 0 saturated carbocycles. The predicted molar refractivity (Wildman–Crippen MR) is 103 cm³/mol. The number of amides is 1. The minimum Gasteiger partial charge on any atom is -0.325 e. The van der Waals surface area contributed by atoms with Gasteiger partial charge in [0.2, 0.25) is 15.9 Å². The standard InChI is InChI=1S/C20H19F3N2O4S/c1-13(26)14-6-4-7-15(12-14)24-19(27)17-9-5-11-25(17)30(28,29)18-10-3-2-8-16(18)20(21,22)23/h2-4,6-8,10,12,17H,5,9,11H2,1H3,(H,24,27)/t17-/m0/s1. The molecule has 1 aliphatic rings. The molecule has 1 atom stereocenters. The number of carbonyl (C=O) groups excluding carboxylic acids is 2. The Morgan fingerprint density at radius 3 is 2.47 bits per heavy atom. The van der Waals surface area contributed by atoms with Crippen molar-refractivity contribution in [1.82, 2.24) is 4.31 Å². The SMILES string of the molecule is CC(=O)c1cccc(NC(=O)[C@@H]2CCCN2S(=O)(=O)c2ccccc2C(F)(F)F)c1. The first-order valence-corrected chi connectivity index (χ1v) is 10.6. The number of nitrogens with one attached hydrogen (secondary N) is 1. The quantitative estimate of drug-likeness (QED) is 0.719. The van der Waals surface area contributed by atoms with Crippen LogP contribution in [0.2, 0.25) is 0 Å². The number of anilines is 1. The highest BCUT2D eigenvalue weighted by molar-refractivity contribution is 7.89. The highest BCUT2D eigenvalue weighted by Gasteiger charge is 2.44. The van der Waals surface area contributed by atoms with E-state index in [1.807, 2.05) is 0 Å². The largest absolute Gasteiger partial charge is 0.417 e. The van der Waals surface area contributed by atoms with Crippen molar-refractivity contribution in [2.24, 2.45) is 0 Å². The van der Waals surface area contributed by atoms with Gasteiger partial charge in [-0.1, -0.05) is 24.3 Å². The third-order valence-electron chi connectivity index (χ3n) is 4.82. The fraction of sp³-hybridized carbons (Fsp3) is 0.300. The van der Waals surface area contributed by atoms with Gasteiger partial charge in [0.15, 0.2) is 5.78 Å². The predicted octanol–water partition coefficient (Wildman–Crippen LogP) is 3.70. The Balaban J connectivity index is 1.89. The van der Waals surface area contributed by atoms with E-state index in [1.165, 1.54) is 25.1 Å². The van der Waals surface area contributed by atoms with Crippen LogP contribution in [0.4, 0.5) is 18.9 Å². The molecule has 2 aromatic rings. The second-order valence-electron chi connectivity index (χ2n) is 6.89. The number of sulfonamides is 1. The van der Waals surface area contributed by atoms with Crippen molar-refractivity contribution in [3.63, 3.8) is 0 Å². The van der Waals surface area contributed by atoms with E-state index in [9.17, 15) is 31.2 Å². The van der Waals surface area contributed by atoms with Gasteiger partial charge in [-0.2, -0.15) is 17.5 Å². The number of alkyl halides is 3. The molecule has 10 heteroatoms. The molecule has 0 radical (unpaired) electrons. The molecule has 1 heterocycles. The van der Waals surface area contributed by atoms with Gasteiger partial charge in [-0.25, -0.2) is 8.42 Å². The monoisotopic (exact) mass is 440 g/mol. The molecule has 0 bridgehead atoms. The van der Waals surface area contributed by atoms with Gasteiger partial charge in [0, 0.05) is 17.8 Å². The highest BCUT2D eigenvalue weighted by atomic mass is 32.2. The van der Waals surface area contributed by atoms with Gasteiger partial charge < -0.3 is 5.32 Å². The van der Waals surface area contributed by atoms with E-state index in [1.54, 1.807) is 12.1 Å². The van der Waals surface area contributed by atoms with Gasteiger partial charge in [0.25, 0.3) is 0 Å². The van der Waals surface area contributed by atoms with Gasteiger partial charge in [0.05, 0.1) is 10.5 Å². The van der Waals surface area contributed by atoms with Crippen molar-refractivity contribution in [3.8, 4) is 0 Å². The summed E-state index contributed by atoms with van der Waals surface area (Å²) < 4.78 is 66.8. The molecule has 0 aliphatic carbocycles. The first-order valence-electron chi connectivity index (χ1n) is 9.12. The molecule has 2 aromatic carbocycles. The molecular weight excluding hydrogens is 421 g/mol. The molecule has 1 fully saturated rings. The summed E-state index contributed by atoms with van der Waals surface area (Å²) in [5.41, 5.74) is -0.610. The van der Waals surface area contributed by atoms with E-state index in [0.717, 1.165) is 16.4 Å². The summed E-state index contributed by atoms with van der Waals surface area (Å²) >= 11 is 0. The highest BCUT2D eigenvalue weighted by Crippen LogP contribution is 2.37. The molecule has 3 rings (SSSR count). The minimum atomic E-state index is -4.85. The second-order valence-corrected chi connectivity index (χ2v) is 8.75. The lowest BCUT2D eigenvalue weighted by atomic mass is 10.1. The van der Waals surface area contributed by atoms with E-state index in [0.29, 0.717) is 23.7 Å². The number of hydrogen-bond acceptors (Lipinski definition) is 4. The zero-order valence-corrected chi connectivity index (χ0v) is 16.8. The molecule has 1 amide bonds. The lowest BCUT2D eigenvalue weighted by Crippen LogP contribution is -2.43. The smallest absolute Gasteiger partial charge is 0.325 e. The normalized spacial score (nSPS) is 17.7. The van der Waals surface area contributed by atoms with E-state index < -0.39 is 38.6 Å². The average Bonchev–Trinajstić information content (AvgIpc) is 3.18. The van der Waals surface area contributed by atoms with Crippen molar-refractivity contribution >= 4 is 27.4 Å². The second kappa shape index (κ2) is 8.19. The molecule has 0 aromatic heterocycles. The fourth-order valence-electron chi connectivity index (χ4n) is 3.38. The average molecular weight is 440 g/mol. The maximum atomic E-state index is 13.3. The summed E-state index contributed by atoms with van der Waals surface area (Å²) in [5, 5.41) is 2.56. The number of benzene rings is 2. The van der Waals surface area contributed by atoms with Crippen molar-refractivity contribution in [1.29, 1.82) is 0 Å². The molecule has 0 spiro atoms. The lowest BCUT2D eigenvalue weighted by Gasteiger charge is -2.25. The third-order valence-corrected chi connectivity index (χ3v) is 6.79. The molecule has 1 saturated heterocycles. The Labute approximate surface area is 171 Å². The summed E-state index contributed by atoms with van der Waals surface area (Å²) in [6, 6.07) is 8.88. The van der Waals surface area contributed by atoms with Crippen LogP contribution in [0.5, 0.6) is 0 Å². The third kappa shape index (κ3) is 4.39. The summed E-state index contributed by atoms with van der Waals surface area (Å²) in [4.78, 5) is 23.4. The van der Waals surface area contributed by atoms with Crippen LogP contribution in [0, 0.1) is 0 Å². The van der Waals surface area contributed by atoms with E-state index in [2.05, 4.69) is 5.32 Å². The zero-order valence-electron chi connectivity index (χ0n) is 15.9. The van der Waals surface area contributed by atoms with Crippen LogP contribution in [0.15, 0.2) is 53.4 Å². The Hall–Kier alpha value is -2.72. The number of ketones is 1. The number of hydrogen-bond donors (Lipinski definition) is 1. The maximum Gasteiger partial charge on any atom is 0.417 e. The van der Waals surface area contributed by atoms with Crippen LogP contribution in [0.3, 0.4) is 0 Å². The maximum absolute atomic E-state index is 13.3. The fourth-order valence-corrected chi connectivity index (χ4v) is 5.25. The summed E-state index contributed by atoms with van der Waals surface area (Å²) in [6.45, 7) is 1.30. The number of nitrogens with zero attached hydrogens (tertiary/aromatic N) is 1. The topological polar surface area (TPSA) is 83.6 Å². The Morgan fingerprint density at radius 1 is 1.10 bits per heavy atom. The Bertz CT molecular complexity index is 1080. The summed E-state index contributed by atoms with van der Waals surface area (Å²) in [5.74, 6) is -0.874. The van der Waals surface area contributed by atoms with E-state index in [4.69, 9.17) is 0 Å². The summed E-state index contributed by atoms with van der Waals surface area (Å²) in [7, 11) is -4.56. The lowest BCUT2D eigenvalue weighted by molar-refractivity contribution is -0.139. The number of halogens is 3. The van der Waals surface area contributed by atoms with Gasteiger partial charge >= 0.3 is 6.18 Å². The number of carbonyl (C=O) groups is 2. The van der Waals surface area contributed by atoms with Gasteiger partial charge in [-0.05, 0) is 44.0 Å². The van der Waals surface area contributed by atoms with Crippen molar-refractivity contribution in [2.45, 2.75) is 36.9 Å². The molecular formula is C20H19F3N2O4S. The van der Waals surface area contributed by atoms with E-state index in [-0.39, 0.29) is 18.7 Å². The molecule has 1 aliphatic heterocycles. The molecule has 160 valence electrons. The van der Waals surface area contributed by atoms with Crippen LogP contribution in [0.1, 0.15) is 35.7 Å². The van der Waals surface area contributed by atoms with Crippen molar-refractivity contribution in [2.75, 3.05) is 11.9 Å². The summed E-state index contributed by atoms with van der Waals surface area (Å²) in [6.07, 6.45) is -4.35. The molecule has 0 unspecified atom stereocenters. The minimum absolute atomic E-state index is 0.0693. The van der Waals surface area contributed by atoms with Crippen molar-refractivity contribution in [3.05, 3.63) is 59.7 Å². The van der Waals surface area contributed by atoms with Gasteiger partial charge in [-0.15, -0.1) is 0 Å². The van der Waals surface area contributed by atoms with Crippen LogP contribution in [0.25, 0.3) is 0 Å². The van der Waals surface area contributed by atoms with Gasteiger partial charge in [-0.3, -0.25) is 9.59 Å². The molecule has 6 nitrogen and oxygen atoms in total. The number of Topliss-reactive ketones (excluding diaryl/α,β-unsaturated/α-hetero) is 1.